The van der Waals surface area contributed by atoms with Gasteiger partial charge in [0.05, 0.1) is 6.67 Å². The van der Waals surface area contributed by atoms with Crippen molar-refractivity contribution in [2.75, 3.05) is 11.6 Å². The second-order valence-corrected chi connectivity index (χ2v) is 4.32. The summed E-state index contributed by atoms with van der Waals surface area (Å²) in [6.07, 6.45) is 5.64. The SMILES string of the molecule is [CH]=CN1C=CN(c2c(C)cc(C)cc2C)C1. The van der Waals surface area contributed by atoms with E-state index >= 15 is 0 Å². The lowest BCUT2D eigenvalue weighted by Crippen LogP contribution is -2.22. The highest BCUT2D eigenvalue weighted by molar-refractivity contribution is 5.62. The van der Waals surface area contributed by atoms with Crippen molar-refractivity contribution in [2.24, 2.45) is 0 Å². The molecule has 0 aromatic heterocycles. The third kappa shape index (κ3) is 1.83. The first-order valence-corrected chi connectivity index (χ1v) is 5.45. The molecule has 1 aliphatic rings. The van der Waals surface area contributed by atoms with Crippen molar-refractivity contribution in [3.05, 3.63) is 54.0 Å². The molecule has 1 aromatic carbocycles. The van der Waals surface area contributed by atoms with Crippen LogP contribution in [0.3, 0.4) is 0 Å². The lowest BCUT2D eigenvalue weighted by Gasteiger charge is -2.23. The van der Waals surface area contributed by atoms with Crippen LogP contribution in [0.4, 0.5) is 5.69 Å². The van der Waals surface area contributed by atoms with Crippen molar-refractivity contribution >= 4 is 5.69 Å². The average molecular weight is 213 g/mol. The summed E-state index contributed by atoms with van der Waals surface area (Å²) in [5, 5.41) is 0. The van der Waals surface area contributed by atoms with Gasteiger partial charge >= 0.3 is 0 Å². The normalized spacial score (nSPS) is 14.7. The van der Waals surface area contributed by atoms with Gasteiger partial charge in [-0.1, -0.05) is 17.7 Å². The van der Waals surface area contributed by atoms with Crippen LogP contribution in [0.1, 0.15) is 16.7 Å². The molecule has 1 heterocycles. The van der Waals surface area contributed by atoms with E-state index < -0.39 is 0 Å². The maximum Gasteiger partial charge on any atom is 0.0983 e. The van der Waals surface area contributed by atoms with Gasteiger partial charge in [-0.2, -0.15) is 0 Å². The Labute approximate surface area is 97.5 Å². The van der Waals surface area contributed by atoms with Crippen LogP contribution in [0.15, 0.2) is 30.7 Å². The van der Waals surface area contributed by atoms with Gasteiger partial charge in [0.1, 0.15) is 0 Å². The lowest BCUT2D eigenvalue weighted by molar-refractivity contribution is 0.548. The minimum absolute atomic E-state index is 0.793. The Morgan fingerprint density at radius 3 is 2.25 bits per heavy atom. The predicted octanol–water partition coefficient (Wildman–Crippen LogP) is 3.11. The Balaban J connectivity index is 2.35. The van der Waals surface area contributed by atoms with Crippen molar-refractivity contribution in [3.8, 4) is 0 Å². The van der Waals surface area contributed by atoms with E-state index in [9.17, 15) is 0 Å². The molecule has 2 nitrogen and oxygen atoms in total. The summed E-state index contributed by atoms with van der Waals surface area (Å²) < 4.78 is 0. The van der Waals surface area contributed by atoms with Crippen molar-refractivity contribution < 1.29 is 0 Å². The zero-order chi connectivity index (χ0) is 11.7. The van der Waals surface area contributed by atoms with Gasteiger partial charge in [0.15, 0.2) is 0 Å². The standard InChI is InChI=1S/C14H17N2/c1-5-15-6-7-16(10-15)14-12(3)8-11(2)9-13(14)4/h1,5-9H,10H2,2-4H3. The number of rotatable bonds is 2. The largest absolute Gasteiger partial charge is 0.335 e. The van der Waals surface area contributed by atoms with Gasteiger partial charge in [-0.15, -0.1) is 0 Å². The molecule has 1 aromatic rings. The molecule has 83 valence electrons. The van der Waals surface area contributed by atoms with Crippen LogP contribution < -0.4 is 4.90 Å². The fourth-order valence-corrected chi connectivity index (χ4v) is 2.30. The van der Waals surface area contributed by atoms with Crippen LogP contribution in [0.25, 0.3) is 0 Å². The van der Waals surface area contributed by atoms with Gasteiger partial charge < -0.3 is 9.80 Å². The summed E-state index contributed by atoms with van der Waals surface area (Å²) in [7, 11) is 0. The van der Waals surface area contributed by atoms with Gasteiger partial charge in [-0.05, 0) is 38.5 Å². The first-order valence-electron chi connectivity index (χ1n) is 5.45. The van der Waals surface area contributed by atoms with Crippen LogP contribution in [0, 0.1) is 27.4 Å². The summed E-state index contributed by atoms with van der Waals surface area (Å²) in [6, 6.07) is 4.43. The molecule has 0 spiro atoms. The average Bonchev–Trinajstić information content (AvgIpc) is 2.64. The third-order valence-corrected chi connectivity index (χ3v) is 2.87. The Bertz CT molecular complexity index is 423. The molecular weight excluding hydrogens is 196 g/mol. The Morgan fingerprint density at radius 2 is 1.75 bits per heavy atom. The number of nitrogens with zero attached hydrogens (tertiary/aromatic N) is 2. The topological polar surface area (TPSA) is 6.48 Å². The summed E-state index contributed by atoms with van der Waals surface area (Å²) >= 11 is 0. The van der Waals surface area contributed by atoms with E-state index in [1.807, 2.05) is 11.1 Å². The Kier molecular flexibility index (Phi) is 2.73. The van der Waals surface area contributed by atoms with Crippen LogP contribution in [-0.2, 0) is 0 Å². The summed E-state index contributed by atoms with van der Waals surface area (Å²) in [4.78, 5) is 4.17. The Hall–Kier alpha value is -1.70. The highest BCUT2D eigenvalue weighted by Crippen LogP contribution is 2.28. The second-order valence-electron chi connectivity index (χ2n) is 4.32. The van der Waals surface area contributed by atoms with Crippen molar-refractivity contribution in [1.29, 1.82) is 0 Å². The zero-order valence-corrected chi connectivity index (χ0v) is 10.1. The fraction of sp³-hybridized carbons (Fsp3) is 0.286. The number of hydrogen-bond acceptors (Lipinski definition) is 2. The monoisotopic (exact) mass is 213 g/mol. The lowest BCUT2D eigenvalue weighted by atomic mass is 10.0. The van der Waals surface area contributed by atoms with E-state index in [0.29, 0.717) is 0 Å². The van der Waals surface area contributed by atoms with E-state index in [-0.39, 0.29) is 0 Å². The molecular formula is C14H17N2. The summed E-state index contributed by atoms with van der Waals surface area (Å²) in [5.41, 5.74) is 5.21. The number of anilines is 1. The molecule has 0 amide bonds. The number of aryl methyl sites for hydroxylation is 3. The quantitative estimate of drug-likeness (QED) is 0.744. The van der Waals surface area contributed by atoms with Crippen molar-refractivity contribution in [3.63, 3.8) is 0 Å². The maximum absolute atomic E-state index is 5.50. The maximum atomic E-state index is 5.50. The van der Waals surface area contributed by atoms with Crippen LogP contribution in [0.2, 0.25) is 0 Å². The van der Waals surface area contributed by atoms with E-state index in [1.165, 1.54) is 22.4 Å². The molecule has 1 radical (unpaired) electrons. The molecule has 0 saturated heterocycles. The first kappa shape index (κ1) is 10.8. The fourth-order valence-electron chi connectivity index (χ4n) is 2.30. The van der Waals surface area contributed by atoms with Crippen molar-refractivity contribution in [1.82, 2.24) is 4.90 Å². The highest BCUT2D eigenvalue weighted by atomic mass is 15.3. The predicted molar refractivity (Wildman–Crippen MR) is 67.8 cm³/mol. The summed E-state index contributed by atoms with van der Waals surface area (Å²) in [6.45, 7) is 12.7. The van der Waals surface area contributed by atoms with Crippen LogP contribution >= 0.6 is 0 Å². The first-order chi connectivity index (χ1) is 7.61. The van der Waals surface area contributed by atoms with Gasteiger partial charge in [0, 0.05) is 24.3 Å². The van der Waals surface area contributed by atoms with Crippen LogP contribution in [0.5, 0.6) is 0 Å². The third-order valence-electron chi connectivity index (χ3n) is 2.87. The van der Waals surface area contributed by atoms with Gasteiger partial charge in [0.25, 0.3) is 0 Å². The molecule has 1 aliphatic heterocycles. The molecule has 0 atom stereocenters. The number of hydrogen-bond donors (Lipinski definition) is 0. The van der Waals surface area contributed by atoms with Crippen molar-refractivity contribution in [2.45, 2.75) is 20.8 Å². The molecule has 0 N–H and O–H groups in total. The molecule has 0 unspecified atom stereocenters. The van der Waals surface area contributed by atoms with E-state index in [4.69, 9.17) is 6.58 Å². The molecule has 0 saturated carbocycles. The van der Waals surface area contributed by atoms with Crippen LogP contribution in [-0.4, -0.2) is 11.6 Å². The van der Waals surface area contributed by atoms with E-state index in [2.05, 4.69) is 44.0 Å². The molecule has 16 heavy (non-hydrogen) atoms. The minimum Gasteiger partial charge on any atom is -0.335 e. The smallest absolute Gasteiger partial charge is 0.0983 e. The minimum atomic E-state index is 0.793. The number of benzene rings is 1. The van der Waals surface area contributed by atoms with Gasteiger partial charge in [-0.3, -0.25) is 0 Å². The molecule has 2 heteroatoms. The molecule has 0 aliphatic carbocycles. The van der Waals surface area contributed by atoms with Gasteiger partial charge in [0.2, 0.25) is 0 Å². The highest BCUT2D eigenvalue weighted by Gasteiger charge is 2.15. The van der Waals surface area contributed by atoms with E-state index in [0.717, 1.165) is 6.67 Å². The van der Waals surface area contributed by atoms with E-state index in [1.54, 1.807) is 6.20 Å². The second kappa shape index (κ2) is 4.05. The summed E-state index contributed by atoms with van der Waals surface area (Å²) in [5.74, 6) is 0. The molecule has 0 bridgehead atoms. The van der Waals surface area contributed by atoms with Gasteiger partial charge in [-0.25, -0.2) is 0 Å². The molecule has 0 fully saturated rings. The zero-order valence-electron chi connectivity index (χ0n) is 10.1. The Morgan fingerprint density at radius 1 is 1.12 bits per heavy atom. The molecule has 2 rings (SSSR count).